The molecule has 0 aliphatic heterocycles. The van der Waals surface area contributed by atoms with Crippen LogP contribution in [0.25, 0.3) is 0 Å². The molecule has 1 heterocycles. The van der Waals surface area contributed by atoms with E-state index < -0.39 is 0 Å². The van der Waals surface area contributed by atoms with Gasteiger partial charge in [-0.05, 0) is 25.0 Å². The first-order chi connectivity index (χ1) is 7.67. The number of methoxy groups -OCH3 is 1. The summed E-state index contributed by atoms with van der Waals surface area (Å²) in [4.78, 5) is 4.30. The molecule has 0 aromatic carbocycles. The van der Waals surface area contributed by atoms with Gasteiger partial charge in [-0.25, -0.2) is 4.98 Å². The van der Waals surface area contributed by atoms with Crippen molar-refractivity contribution < 1.29 is 4.74 Å². The molecule has 0 amide bonds. The quantitative estimate of drug-likeness (QED) is 0.822. The Morgan fingerprint density at radius 2 is 2.31 bits per heavy atom. The van der Waals surface area contributed by atoms with Gasteiger partial charge in [0.15, 0.2) is 0 Å². The summed E-state index contributed by atoms with van der Waals surface area (Å²) in [5.74, 6) is 1.05. The van der Waals surface area contributed by atoms with Crippen molar-refractivity contribution in [1.82, 2.24) is 4.98 Å². The van der Waals surface area contributed by atoms with E-state index in [1.165, 1.54) is 0 Å². The van der Waals surface area contributed by atoms with E-state index in [1.807, 2.05) is 13.0 Å². The summed E-state index contributed by atoms with van der Waals surface area (Å²) in [5, 5.41) is 12.1. The van der Waals surface area contributed by atoms with Gasteiger partial charge in [0.25, 0.3) is 0 Å². The summed E-state index contributed by atoms with van der Waals surface area (Å²) < 4.78 is 5.05. The zero-order valence-electron chi connectivity index (χ0n) is 9.95. The smallest absolute Gasteiger partial charge is 0.144 e. The van der Waals surface area contributed by atoms with Crippen LogP contribution in [0.4, 0.5) is 5.82 Å². The second-order valence-corrected chi connectivity index (χ2v) is 3.90. The molecule has 0 fully saturated rings. The number of rotatable bonds is 5. The van der Waals surface area contributed by atoms with E-state index in [4.69, 9.17) is 10.00 Å². The molecular formula is C12H17N3O. The highest BCUT2D eigenvalue weighted by Crippen LogP contribution is 2.12. The summed E-state index contributed by atoms with van der Waals surface area (Å²) in [6.07, 6.45) is 0. The van der Waals surface area contributed by atoms with E-state index >= 15 is 0 Å². The largest absolute Gasteiger partial charge is 0.384 e. The molecule has 86 valence electrons. The minimum Gasteiger partial charge on any atom is -0.384 e. The predicted octanol–water partition coefficient (Wildman–Crippen LogP) is 1.96. The van der Waals surface area contributed by atoms with Gasteiger partial charge in [0.05, 0.1) is 12.2 Å². The molecule has 1 aromatic heterocycles. The van der Waals surface area contributed by atoms with Crippen molar-refractivity contribution in [2.24, 2.45) is 5.92 Å². The van der Waals surface area contributed by atoms with Crippen molar-refractivity contribution in [3.8, 4) is 6.07 Å². The Hall–Kier alpha value is -1.60. The molecule has 0 aliphatic rings. The Morgan fingerprint density at radius 3 is 2.94 bits per heavy atom. The monoisotopic (exact) mass is 219 g/mol. The van der Waals surface area contributed by atoms with Crippen LogP contribution in [-0.2, 0) is 4.74 Å². The molecular weight excluding hydrogens is 202 g/mol. The van der Waals surface area contributed by atoms with Crippen molar-refractivity contribution in [1.29, 1.82) is 5.26 Å². The molecule has 1 aromatic rings. The number of hydrogen-bond acceptors (Lipinski definition) is 4. The van der Waals surface area contributed by atoms with Gasteiger partial charge in [-0.15, -0.1) is 0 Å². The van der Waals surface area contributed by atoms with Crippen LogP contribution in [0.2, 0.25) is 0 Å². The molecule has 0 radical (unpaired) electrons. The number of hydrogen-bond donors (Lipinski definition) is 1. The maximum absolute atomic E-state index is 8.92. The summed E-state index contributed by atoms with van der Waals surface area (Å²) >= 11 is 0. The molecule has 1 unspecified atom stereocenters. The van der Waals surface area contributed by atoms with Crippen molar-refractivity contribution in [2.75, 3.05) is 25.6 Å². The molecule has 0 saturated heterocycles. The fourth-order valence-electron chi connectivity index (χ4n) is 1.40. The van der Waals surface area contributed by atoms with Gasteiger partial charge in [-0.3, -0.25) is 0 Å². The van der Waals surface area contributed by atoms with Crippen LogP contribution in [0.15, 0.2) is 12.1 Å². The van der Waals surface area contributed by atoms with Gasteiger partial charge in [0.1, 0.15) is 11.9 Å². The minimum absolute atomic E-state index is 0.388. The zero-order valence-corrected chi connectivity index (χ0v) is 9.95. The number of nitrogens with zero attached hydrogens (tertiary/aromatic N) is 2. The number of nitrogens with one attached hydrogen (secondary N) is 1. The predicted molar refractivity (Wildman–Crippen MR) is 63.2 cm³/mol. The van der Waals surface area contributed by atoms with Crippen LogP contribution >= 0.6 is 0 Å². The van der Waals surface area contributed by atoms with Gasteiger partial charge in [0, 0.05) is 19.3 Å². The summed E-state index contributed by atoms with van der Waals surface area (Å²) in [6, 6.07) is 5.74. The lowest BCUT2D eigenvalue weighted by molar-refractivity contribution is 0.164. The summed E-state index contributed by atoms with van der Waals surface area (Å²) in [5.41, 5.74) is 1.48. The molecule has 16 heavy (non-hydrogen) atoms. The van der Waals surface area contributed by atoms with Gasteiger partial charge >= 0.3 is 0 Å². The third-order valence-electron chi connectivity index (χ3n) is 2.22. The van der Waals surface area contributed by atoms with Crippen molar-refractivity contribution >= 4 is 5.82 Å². The molecule has 1 atom stereocenters. The van der Waals surface area contributed by atoms with E-state index in [0.717, 1.165) is 12.2 Å². The van der Waals surface area contributed by atoms with Crippen LogP contribution in [0, 0.1) is 24.2 Å². The molecule has 1 N–H and O–H groups in total. The number of aromatic nitrogens is 1. The van der Waals surface area contributed by atoms with E-state index in [2.05, 4.69) is 23.3 Å². The lowest BCUT2D eigenvalue weighted by Gasteiger charge is -2.13. The number of nitriles is 1. The van der Waals surface area contributed by atoms with Crippen LogP contribution in [0.5, 0.6) is 0 Å². The zero-order chi connectivity index (χ0) is 12.0. The van der Waals surface area contributed by atoms with E-state index in [0.29, 0.717) is 23.9 Å². The second kappa shape index (κ2) is 6.09. The van der Waals surface area contributed by atoms with Gasteiger partial charge in [-0.2, -0.15) is 5.26 Å². The third kappa shape index (κ3) is 3.52. The summed E-state index contributed by atoms with van der Waals surface area (Å²) in [7, 11) is 1.68. The molecule has 0 saturated carbocycles. The molecule has 4 nitrogen and oxygen atoms in total. The Bertz CT molecular complexity index is 384. The van der Waals surface area contributed by atoms with Crippen LogP contribution in [0.3, 0.4) is 0 Å². The van der Waals surface area contributed by atoms with Gasteiger partial charge in [0.2, 0.25) is 0 Å². The molecule has 0 bridgehead atoms. The lowest BCUT2D eigenvalue weighted by Crippen LogP contribution is -2.17. The average Bonchev–Trinajstić information content (AvgIpc) is 2.27. The third-order valence-corrected chi connectivity index (χ3v) is 2.22. The Morgan fingerprint density at radius 1 is 1.56 bits per heavy atom. The number of aryl methyl sites for hydroxylation is 1. The van der Waals surface area contributed by atoms with E-state index in [-0.39, 0.29) is 0 Å². The SMILES string of the molecule is COCC(C)CNc1nc(C)ccc1C#N. The van der Waals surface area contributed by atoms with Crippen LogP contribution < -0.4 is 5.32 Å². The fraction of sp³-hybridized carbons (Fsp3) is 0.500. The van der Waals surface area contributed by atoms with Crippen molar-refractivity contribution in [3.05, 3.63) is 23.4 Å². The molecule has 1 rings (SSSR count). The van der Waals surface area contributed by atoms with Crippen molar-refractivity contribution in [2.45, 2.75) is 13.8 Å². The first-order valence-corrected chi connectivity index (χ1v) is 5.28. The Balaban J connectivity index is 2.66. The van der Waals surface area contributed by atoms with Gasteiger partial charge in [-0.1, -0.05) is 6.92 Å². The Labute approximate surface area is 96.3 Å². The van der Waals surface area contributed by atoms with E-state index in [9.17, 15) is 0 Å². The molecule has 4 heteroatoms. The van der Waals surface area contributed by atoms with Gasteiger partial charge < -0.3 is 10.1 Å². The Kier molecular flexibility index (Phi) is 4.74. The second-order valence-electron chi connectivity index (χ2n) is 3.90. The molecule has 0 aliphatic carbocycles. The molecule has 0 spiro atoms. The van der Waals surface area contributed by atoms with E-state index in [1.54, 1.807) is 13.2 Å². The fourth-order valence-corrected chi connectivity index (χ4v) is 1.40. The standard InChI is InChI=1S/C12H17N3O/c1-9(8-16-3)7-14-12-11(6-13)5-4-10(2)15-12/h4-5,9H,7-8H2,1-3H3,(H,14,15). The highest BCUT2D eigenvalue weighted by Gasteiger charge is 2.06. The highest BCUT2D eigenvalue weighted by atomic mass is 16.5. The highest BCUT2D eigenvalue weighted by molar-refractivity contribution is 5.52. The van der Waals surface area contributed by atoms with Crippen LogP contribution in [0.1, 0.15) is 18.2 Å². The maximum Gasteiger partial charge on any atom is 0.144 e. The van der Waals surface area contributed by atoms with Crippen LogP contribution in [-0.4, -0.2) is 25.2 Å². The normalized spacial score (nSPS) is 11.9. The first kappa shape index (κ1) is 12.5. The van der Waals surface area contributed by atoms with Crippen molar-refractivity contribution in [3.63, 3.8) is 0 Å². The number of ether oxygens (including phenoxy) is 1. The lowest BCUT2D eigenvalue weighted by atomic mass is 10.2. The minimum atomic E-state index is 0.388. The number of pyridine rings is 1. The summed E-state index contributed by atoms with van der Waals surface area (Å²) in [6.45, 7) is 5.43. The first-order valence-electron chi connectivity index (χ1n) is 5.28. The average molecular weight is 219 g/mol. The maximum atomic E-state index is 8.92. The number of anilines is 1. The topological polar surface area (TPSA) is 57.9 Å².